The molecule has 2 aromatic heterocycles. The summed E-state index contributed by atoms with van der Waals surface area (Å²) in [4.78, 5) is 17.2. The Morgan fingerprint density at radius 3 is 2.59 bits per heavy atom. The maximum Gasteiger partial charge on any atom is 0.263 e. The molecule has 0 spiro atoms. The van der Waals surface area contributed by atoms with E-state index in [2.05, 4.69) is 18.4 Å². The lowest BCUT2D eigenvalue weighted by Crippen LogP contribution is -2.25. The Balaban J connectivity index is 2.08. The van der Waals surface area contributed by atoms with Crippen LogP contribution in [0.5, 0.6) is 0 Å². The molecule has 0 aromatic carbocycles. The first-order valence-electron chi connectivity index (χ1n) is 5.43. The van der Waals surface area contributed by atoms with Crippen molar-refractivity contribution in [3.05, 3.63) is 43.8 Å². The third-order valence-corrected chi connectivity index (χ3v) is 4.64. The molecule has 0 aliphatic rings. The van der Waals surface area contributed by atoms with Crippen LogP contribution < -0.4 is 0 Å². The number of nitrogens with zero attached hydrogens (tertiary/aromatic N) is 1. The Morgan fingerprint density at radius 1 is 1.29 bits per heavy atom. The monoisotopic (exact) mass is 265 g/mol. The van der Waals surface area contributed by atoms with Crippen LogP contribution in [-0.2, 0) is 6.54 Å². The standard InChI is InChI=1S/C13H15NOS2/c1-9-6-7-16-12(9)8-14(3)13(15)11-5-4-10(2)17-11/h4-7H,8H2,1-3H3. The molecule has 2 nitrogen and oxygen atoms in total. The minimum atomic E-state index is 0.107. The Labute approximate surface area is 110 Å². The minimum absolute atomic E-state index is 0.107. The zero-order valence-electron chi connectivity index (χ0n) is 10.2. The van der Waals surface area contributed by atoms with Crippen molar-refractivity contribution in [3.8, 4) is 0 Å². The Kier molecular flexibility index (Phi) is 3.64. The average molecular weight is 265 g/mol. The fourth-order valence-electron chi connectivity index (χ4n) is 1.59. The van der Waals surface area contributed by atoms with E-state index in [1.54, 1.807) is 27.6 Å². The molecule has 0 N–H and O–H groups in total. The molecule has 17 heavy (non-hydrogen) atoms. The lowest BCUT2D eigenvalue weighted by molar-refractivity contribution is 0.0791. The van der Waals surface area contributed by atoms with Gasteiger partial charge in [-0.3, -0.25) is 4.79 Å². The van der Waals surface area contributed by atoms with Crippen molar-refractivity contribution in [1.29, 1.82) is 0 Å². The van der Waals surface area contributed by atoms with Crippen molar-refractivity contribution in [2.24, 2.45) is 0 Å². The van der Waals surface area contributed by atoms with Crippen molar-refractivity contribution in [2.45, 2.75) is 20.4 Å². The highest BCUT2D eigenvalue weighted by atomic mass is 32.1. The second-order valence-electron chi connectivity index (χ2n) is 4.10. The highest BCUT2D eigenvalue weighted by Crippen LogP contribution is 2.20. The smallest absolute Gasteiger partial charge is 0.263 e. The van der Waals surface area contributed by atoms with E-state index < -0.39 is 0 Å². The van der Waals surface area contributed by atoms with Crippen LogP contribution in [0.3, 0.4) is 0 Å². The van der Waals surface area contributed by atoms with E-state index in [1.807, 2.05) is 26.1 Å². The van der Waals surface area contributed by atoms with Gasteiger partial charge in [0, 0.05) is 16.8 Å². The van der Waals surface area contributed by atoms with Crippen LogP contribution in [0.1, 0.15) is 25.0 Å². The van der Waals surface area contributed by atoms with Gasteiger partial charge in [-0.05, 0) is 43.0 Å². The highest BCUT2D eigenvalue weighted by molar-refractivity contribution is 7.14. The normalized spacial score (nSPS) is 10.5. The number of rotatable bonds is 3. The summed E-state index contributed by atoms with van der Waals surface area (Å²) >= 11 is 3.26. The highest BCUT2D eigenvalue weighted by Gasteiger charge is 2.14. The van der Waals surface area contributed by atoms with Gasteiger partial charge >= 0.3 is 0 Å². The van der Waals surface area contributed by atoms with Crippen LogP contribution >= 0.6 is 22.7 Å². The Hall–Kier alpha value is -1.13. The number of hydrogen-bond donors (Lipinski definition) is 0. The number of amides is 1. The van der Waals surface area contributed by atoms with Crippen LogP contribution in [0.2, 0.25) is 0 Å². The molecule has 4 heteroatoms. The van der Waals surface area contributed by atoms with Gasteiger partial charge in [-0.25, -0.2) is 0 Å². The van der Waals surface area contributed by atoms with Crippen molar-refractivity contribution < 1.29 is 4.79 Å². The molecule has 0 aliphatic carbocycles. The van der Waals surface area contributed by atoms with Crippen molar-refractivity contribution in [1.82, 2.24) is 4.90 Å². The molecule has 90 valence electrons. The lowest BCUT2D eigenvalue weighted by Gasteiger charge is -2.15. The first-order valence-corrected chi connectivity index (χ1v) is 7.12. The first kappa shape index (κ1) is 12.3. The summed E-state index contributed by atoms with van der Waals surface area (Å²) in [6, 6.07) is 5.98. The van der Waals surface area contributed by atoms with Gasteiger partial charge in [0.15, 0.2) is 0 Å². The van der Waals surface area contributed by atoms with Gasteiger partial charge in [-0.15, -0.1) is 22.7 Å². The molecule has 0 aliphatic heterocycles. The van der Waals surface area contributed by atoms with E-state index in [9.17, 15) is 4.79 Å². The summed E-state index contributed by atoms with van der Waals surface area (Å²) in [7, 11) is 1.86. The molecule has 1 amide bonds. The van der Waals surface area contributed by atoms with Gasteiger partial charge in [0.05, 0.1) is 11.4 Å². The molecule has 0 saturated carbocycles. The number of carbonyl (C=O) groups is 1. The SMILES string of the molecule is Cc1ccc(C(=O)N(C)Cc2sccc2C)s1. The van der Waals surface area contributed by atoms with E-state index in [-0.39, 0.29) is 5.91 Å². The second kappa shape index (κ2) is 5.02. The number of carbonyl (C=O) groups excluding carboxylic acids is 1. The molecule has 0 bridgehead atoms. The topological polar surface area (TPSA) is 20.3 Å². The fraction of sp³-hybridized carbons (Fsp3) is 0.308. The third kappa shape index (κ3) is 2.76. The number of thiophene rings is 2. The van der Waals surface area contributed by atoms with Crippen molar-refractivity contribution in [3.63, 3.8) is 0 Å². The van der Waals surface area contributed by atoms with Crippen LogP contribution in [0.25, 0.3) is 0 Å². The van der Waals surface area contributed by atoms with Gasteiger partial charge in [-0.2, -0.15) is 0 Å². The maximum absolute atomic E-state index is 12.1. The van der Waals surface area contributed by atoms with Crippen LogP contribution in [-0.4, -0.2) is 17.9 Å². The van der Waals surface area contributed by atoms with Gasteiger partial charge in [0.2, 0.25) is 0 Å². The van der Waals surface area contributed by atoms with E-state index >= 15 is 0 Å². The summed E-state index contributed by atoms with van der Waals surface area (Å²) in [5.74, 6) is 0.107. The third-order valence-electron chi connectivity index (χ3n) is 2.65. The minimum Gasteiger partial charge on any atom is -0.336 e. The van der Waals surface area contributed by atoms with Crippen molar-refractivity contribution in [2.75, 3.05) is 7.05 Å². The zero-order chi connectivity index (χ0) is 12.4. The molecular formula is C13H15NOS2. The Bertz CT molecular complexity index is 527. The summed E-state index contributed by atoms with van der Waals surface area (Å²) in [5, 5.41) is 2.07. The summed E-state index contributed by atoms with van der Waals surface area (Å²) in [5.41, 5.74) is 1.26. The second-order valence-corrected chi connectivity index (χ2v) is 6.39. The average Bonchev–Trinajstić information content (AvgIpc) is 2.88. The summed E-state index contributed by atoms with van der Waals surface area (Å²) < 4.78 is 0. The predicted octanol–water partition coefficient (Wildman–Crippen LogP) is 3.70. The molecule has 0 unspecified atom stereocenters. The van der Waals surface area contributed by atoms with E-state index in [0.717, 1.165) is 4.88 Å². The Morgan fingerprint density at radius 2 is 2.06 bits per heavy atom. The van der Waals surface area contributed by atoms with Crippen LogP contribution in [0.4, 0.5) is 0 Å². The summed E-state index contributed by atoms with van der Waals surface area (Å²) in [6.45, 7) is 4.80. The van der Waals surface area contributed by atoms with E-state index in [4.69, 9.17) is 0 Å². The first-order chi connectivity index (χ1) is 8.08. The van der Waals surface area contributed by atoms with Gasteiger partial charge in [-0.1, -0.05) is 0 Å². The van der Waals surface area contributed by atoms with Gasteiger partial charge in [0.25, 0.3) is 5.91 Å². The maximum atomic E-state index is 12.1. The van der Waals surface area contributed by atoms with E-state index in [0.29, 0.717) is 6.54 Å². The molecule has 0 saturated heterocycles. The molecule has 0 fully saturated rings. The number of hydrogen-bond acceptors (Lipinski definition) is 3. The molecule has 0 atom stereocenters. The molecular weight excluding hydrogens is 250 g/mol. The number of aryl methyl sites for hydroxylation is 2. The molecule has 2 aromatic rings. The largest absolute Gasteiger partial charge is 0.336 e. The van der Waals surface area contributed by atoms with E-state index in [1.165, 1.54) is 15.3 Å². The molecule has 2 rings (SSSR count). The van der Waals surface area contributed by atoms with Crippen molar-refractivity contribution >= 4 is 28.6 Å². The van der Waals surface area contributed by atoms with Gasteiger partial charge in [0.1, 0.15) is 0 Å². The lowest BCUT2D eigenvalue weighted by atomic mass is 10.3. The quantitative estimate of drug-likeness (QED) is 0.828. The van der Waals surface area contributed by atoms with Crippen LogP contribution in [0, 0.1) is 13.8 Å². The predicted molar refractivity (Wildman–Crippen MR) is 73.9 cm³/mol. The summed E-state index contributed by atoms with van der Waals surface area (Å²) in [6.07, 6.45) is 0. The fourth-order valence-corrected chi connectivity index (χ4v) is 3.41. The zero-order valence-corrected chi connectivity index (χ0v) is 11.8. The van der Waals surface area contributed by atoms with Crippen LogP contribution in [0.15, 0.2) is 23.6 Å². The molecule has 2 heterocycles. The van der Waals surface area contributed by atoms with Gasteiger partial charge < -0.3 is 4.90 Å². The molecule has 0 radical (unpaired) electrons.